The van der Waals surface area contributed by atoms with Gasteiger partial charge in [-0.3, -0.25) is 4.79 Å². The van der Waals surface area contributed by atoms with Crippen LogP contribution in [0.25, 0.3) is 0 Å². The van der Waals surface area contributed by atoms with Crippen LogP contribution in [0.3, 0.4) is 0 Å². The average molecular weight is 408 g/mol. The molecule has 158 valence electrons. The fraction of sp³-hybridized carbons (Fsp3) is 0.526. The van der Waals surface area contributed by atoms with Crippen molar-refractivity contribution in [3.05, 3.63) is 29.3 Å². The van der Waals surface area contributed by atoms with Gasteiger partial charge in [0.15, 0.2) is 13.2 Å². The normalized spacial score (nSPS) is 23.6. The predicted molar refractivity (Wildman–Crippen MR) is 97.8 cm³/mol. The third-order valence-corrected chi connectivity index (χ3v) is 4.66. The van der Waals surface area contributed by atoms with E-state index in [2.05, 4.69) is 15.4 Å². The molecule has 10 heteroatoms. The number of hydrogen-bond acceptors (Lipinski definition) is 9. The molecule has 3 rings (SSSR count). The van der Waals surface area contributed by atoms with Crippen LogP contribution in [-0.4, -0.2) is 68.4 Å². The lowest BCUT2D eigenvalue weighted by atomic mass is 9.88. The Morgan fingerprint density at radius 2 is 2.14 bits per heavy atom. The van der Waals surface area contributed by atoms with Crippen LogP contribution in [0.1, 0.15) is 17.5 Å². The quantitative estimate of drug-likeness (QED) is 0.215. The van der Waals surface area contributed by atoms with Crippen LogP contribution in [0.2, 0.25) is 0 Å². The number of aryl methyl sites for hydroxylation is 1. The number of amides is 1. The molecule has 2 aliphatic rings. The minimum Gasteiger partial charge on any atom is -0.484 e. The van der Waals surface area contributed by atoms with Gasteiger partial charge in [0, 0.05) is 19.7 Å². The van der Waals surface area contributed by atoms with Crippen LogP contribution >= 0.6 is 0 Å². The lowest BCUT2D eigenvalue weighted by Crippen LogP contribution is -2.61. The lowest BCUT2D eigenvalue weighted by Gasteiger charge is -2.36. The van der Waals surface area contributed by atoms with E-state index in [0.717, 1.165) is 17.5 Å². The standard InChI is InChI=1S/C19H24N2O8/c1-26-7-6-20-16(22)10-27-15-5-3-12-2-4-14(8-13(12)9-15)21-19(25)11-28-17(23)18(24)29-19/h3,5,9,14,21,25H,2,4,6-8,10-11H2,1H3,(H,20,22). The van der Waals surface area contributed by atoms with Gasteiger partial charge in [-0.1, -0.05) is 6.07 Å². The number of ether oxygens (including phenoxy) is 4. The molecule has 0 spiro atoms. The summed E-state index contributed by atoms with van der Waals surface area (Å²) in [4.78, 5) is 34.2. The van der Waals surface area contributed by atoms with Crippen molar-refractivity contribution in [1.29, 1.82) is 0 Å². The zero-order valence-corrected chi connectivity index (χ0v) is 16.1. The first-order valence-corrected chi connectivity index (χ1v) is 9.29. The minimum absolute atomic E-state index is 0.106. The molecule has 0 saturated carbocycles. The number of rotatable bonds is 8. The number of carbonyl (C=O) groups excluding carboxylic acids is 3. The highest BCUT2D eigenvalue weighted by Crippen LogP contribution is 2.27. The maximum Gasteiger partial charge on any atom is 0.421 e. The Bertz CT molecular complexity index is 783. The number of cyclic esters (lactones) is 2. The summed E-state index contributed by atoms with van der Waals surface area (Å²) < 4.78 is 19.8. The van der Waals surface area contributed by atoms with E-state index in [1.807, 2.05) is 18.2 Å². The fourth-order valence-electron chi connectivity index (χ4n) is 3.28. The van der Waals surface area contributed by atoms with Crippen molar-refractivity contribution in [1.82, 2.24) is 10.6 Å². The molecule has 1 saturated heterocycles. The van der Waals surface area contributed by atoms with Crippen molar-refractivity contribution < 1.29 is 38.4 Å². The summed E-state index contributed by atoms with van der Waals surface area (Å²) in [7, 11) is 1.56. The Kier molecular flexibility index (Phi) is 6.68. The number of nitrogens with one attached hydrogen (secondary N) is 2. The number of hydrogen-bond donors (Lipinski definition) is 3. The molecule has 0 aromatic heterocycles. The number of esters is 2. The molecule has 3 N–H and O–H groups in total. The molecular formula is C19H24N2O8. The van der Waals surface area contributed by atoms with Crippen LogP contribution in [0.15, 0.2) is 18.2 Å². The third kappa shape index (κ3) is 5.66. The van der Waals surface area contributed by atoms with Crippen LogP contribution in [0, 0.1) is 0 Å². The van der Waals surface area contributed by atoms with E-state index in [0.29, 0.717) is 31.7 Å². The van der Waals surface area contributed by atoms with Crippen molar-refractivity contribution >= 4 is 17.8 Å². The molecule has 1 aliphatic heterocycles. The van der Waals surface area contributed by atoms with Crippen LogP contribution in [0.5, 0.6) is 5.75 Å². The summed E-state index contributed by atoms with van der Waals surface area (Å²) in [6.07, 6.45) is 1.98. The zero-order chi connectivity index (χ0) is 20.9. The second-order valence-corrected chi connectivity index (χ2v) is 6.90. The van der Waals surface area contributed by atoms with Gasteiger partial charge in [0.25, 0.3) is 5.91 Å². The van der Waals surface area contributed by atoms with Gasteiger partial charge in [-0.2, -0.15) is 0 Å². The Balaban J connectivity index is 1.55. The van der Waals surface area contributed by atoms with Gasteiger partial charge >= 0.3 is 17.8 Å². The highest BCUT2D eigenvalue weighted by Gasteiger charge is 2.43. The molecule has 0 radical (unpaired) electrons. The highest BCUT2D eigenvalue weighted by atomic mass is 16.7. The second kappa shape index (κ2) is 9.21. The molecule has 1 fully saturated rings. The zero-order valence-electron chi connectivity index (χ0n) is 16.1. The van der Waals surface area contributed by atoms with Crippen molar-refractivity contribution in [2.24, 2.45) is 0 Å². The summed E-state index contributed by atoms with van der Waals surface area (Å²) in [5, 5.41) is 15.9. The van der Waals surface area contributed by atoms with Gasteiger partial charge < -0.3 is 29.4 Å². The number of methoxy groups -OCH3 is 1. The van der Waals surface area contributed by atoms with Crippen molar-refractivity contribution in [2.45, 2.75) is 31.2 Å². The second-order valence-electron chi connectivity index (χ2n) is 6.90. The van der Waals surface area contributed by atoms with Gasteiger partial charge in [0.2, 0.25) is 0 Å². The number of carbonyl (C=O) groups is 3. The summed E-state index contributed by atoms with van der Waals surface area (Å²) >= 11 is 0. The van der Waals surface area contributed by atoms with Gasteiger partial charge in [0.05, 0.1) is 6.61 Å². The van der Waals surface area contributed by atoms with Crippen LogP contribution < -0.4 is 15.4 Å². The topological polar surface area (TPSA) is 132 Å². The summed E-state index contributed by atoms with van der Waals surface area (Å²) in [5.41, 5.74) is 2.13. The van der Waals surface area contributed by atoms with Crippen molar-refractivity contribution in [3.8, 4) is 5.75 Å². The van der Waals surface area contributed by atoms with E-state index in [-0.39, 0.29) is 18.6 Å². The van der Waals surface area contributed by atoms with Crippen molar-refractivity contribution in [3.63, 3.8) is 0 Å². The molecule has 1 aromatic carbocycles. The number of aliphatic hydroxyl groups is 1. The van der Waals surface area contributed by atoms with Gasteiger partial charge in [0.1, 0.15) is 5.75 Å². The molecule has 1 aromatic rings. The molecule has 2 atom stereocenters. The Morgan fingerprint density at radius 1 is 1.31 bits per heavy atom. The van der Waals surface area contributed by atoms with E-state index in [4.69, 9.17) is 14.2 Å². The van der Waals surface area contributed by atoms with Crippen LogP contribution in [-0.2, 0) is 41.4 Å². The number of fused-ring (bicyclic) bond motifs is 1. The van der Waals surface area contributed by atoms with Crippen LogP contribution in [0.4, 0.5) is 0 Å². The first-order valence-electron chi connectivity index (χ1n) is 9.29. The molecule has 10 nitrogen and oxygen atoms in total. The summed E-state index contributed by atoms with van der Waals surface area (Å²) in [6.45, 7) is 0.270. The van der Waals surface area contributed by atoms with E-state index in [9.17, 15) is 19.5 Å². The predicted octanol–water partition coefficient (Wildman–Crippen LogP) is -0.979. The minimum atomic E-state index is -2.04. The maximum absolute atomic E-state index is 11.7. The molecular weight excluding hydrogens is 384 g/mol. The molecule has 2 unspecified atom stereocenters. The Hall–Kier alpha value is -2.69. The first kappa shape index (κ1) is 21.0. The Morgan fingerprint density at radius 3 is 2.90 bits per heavy atom. The highest BCUT2D eigenvalue weighted by molar-refractivity contribution is 6.30. The Labute approximate surface area is 167 Å². The fourth-order valence-corrected chi connectivity index (χ4v) is 3.28. The van der Waals surface area contributed by atoms with Gasteiger partial charge in [-0.05, 0) is 42.5 Å². The molecule has 1 amide bonds. The van der Waals surface area contributed by atoms with E-state index in [1.54, 1.807) is 7.11 Å². The molecule has 29 heavy (non-hydrogen) atoms. The van der Waals surface area contributed by atoms with E-state index < -0.39 is 24.5 Å². The average Bonchev–Trinajstić information content (AvgIpc) is 2.69. The largest absolute Gasteiger partial charge is 0.484 e. The smallest absolute Gasteiger partial charge is 0.421 e. The molecule has 0 bridgehead atoms. The van der Waals surface area contributed by atoms with Gasteiger partial charge in [-0.15, -0.1) is 0 Å². The SMILES string of the molecule is COCCNC(=O)COc1ccc2c(c1)CC(NC1(O)COC(=O)C(=O)O1)CC2. The lowest BCUT2D eigenvalue weighted by molar-refractivity contribution is -0.264. The van der Waals surface area contributed by atoms with E-state index in [1.165, 1.54) is 0 Å². The first-order chi connectivity index (χ1) is 13.9. The van der Waals surface area contributed by atoms with E-state index >= 15 is 0 Å². The monoisotopic (exact) mass is 408 g/mol. The molecule has 1 heterocycles. The van der Waals surface area contributed by atoms with Crippen molar-refractivity contribution in [2.75, 3.05) is 33.5 Å². The summed E-state index contributed by atoms with van der Waals surface area (Å²) in [5.74, 6) is -4.08. The summed E-state index contributed by atoms with van der Waals surface area (Å²) in [6, 6.07) is 5.40. The third-order valence-electron chi connectivity index (χ3n) is 4.66. The maximum atomic E-state index is 11.7. The number of benzene rings is 1. The van der Waals surface area contributed by atoms with Gasteiger partial charge in [-0.25, -0.2) is 14.9 Å². The molecule has 1 aliphatic carbocycles.